The molecular weight excluding hydrogens is 469 g/mol. The first-order chi connectivity index (χ1) is 15.6. The van der Waals surface area contributed by atoms with Crippen LogP contribution >= 0.6 is 11.5 Å². The lowest BCUT2D eigenvalue weighted by Gasteiger charge is -2.38. The van der Waals surface area contributed by atoms with Crippen molar-refractivity contribution in [2.75, 3.05) is 29.9 Å². The quantitative estimate of drug-likeness (QED) is 0.528. The topological polar surface area (TPSA) is 80.5 Å². The summed E-state index contributed by atoms with van der Waals surface area (Å²) in [5.41, 5.74) is 0.957. The predicted octanol–water partition coefficient (Wildman–Crippen LogP) is 3.79. The van der Waals surface area contributed by atoms with Crippen LogP contribution in [0.5, 0.6) is 5.88 Å². The first-order valence-corrected chi connectivity index (χ1v) is 11.1. The fourth-order valence-corrected chi connectivity index (χ4v) is 5.26. The van der Waals surface area contributed by atoms with E-state index in [1.165, 1.54) is 28.4 Å². The monoisotopic (exact) mass is 489 g/mol. The van der Waals surface area contributed by atoms with E-state index in [1.54, 1.807) is 0 Å². The fraction of sp³-hybridized carbons (Fsp3) is 0.579. The van der Waals surface area contributed by atoms with Crippen molar-refractivity contribution in [2.45, 2.75) is 37.9 Å². The molecule has 0 spiro atoms. The number of aromatic nitrogens is 5. The van der Waals surface area contributed by atoms with Crippen molar-refractivity contribution in [1.29, 1.82) is 0 Å². The van der Waals surface area contributed by atoms with Crippen molar-refractivity contribution in [1.82, 2.24) is 24.0 Å². The van der Waals surface area contributed by atoms with E-state index >= 15 is 0 Å². The van der Waals surface area contributed by atoms with E-state index in [0.717, 1.165) is 36.6 Å². The van der Waals surface area contributed by atoms with Crippen molar-refractivity contribution in [2.24, 2.45) is 11.8 Å². The van der Waals surface area contributed by atoms with Gasteiger partial charge in [0.2, 0.25) is 11.6 Å². The lowest BCUT2D eigenvalue weighted by atomic mass is 9.92. The minimum absolute atomic E-state index is 0.0390. The molecule has 2 bridgehead atoms. The van der Waals surface area contributed by atoms with Crippen LogP contribution in [0.4, 0.5) is 32.9 Å². The van der Waals surface area contributed by atoms with Gasteiger partial charge in [0.1, 0.15) is 5.00 Å². The third-order valence-electron chi connectivity index (χ3n) is 6.08. The molecule has 5 rings (SSSR count). The van der Waals surface area contributed by atoms with E-state index in [-0.39, 0.29) is 17.6 Å². The highest BCUT2D eigenvalue weighted by atomic mass is 32.1. The average Bonchev–Trinajstić information content (AvgIpc) is 3.41. The summed E-state index contributed by atoms with van der Waals surface area (Å²) < 4.78 is 74.1. The summed E-state index contributed by atoms with van der Waals surface area (Å²) in [6.07, 6.45) is -0.999. The summed E-state index contributed by atoms with van der Waals surface area (Å²) in [6.45, 7) is 1.81. The molecule has 1 saturated carbocycles. The van der Waals surface area contributed by atoms with E-state index < -0.39 is 24.6 Å². The van der Waals surface area contributed by atoms with Crippen molar-refractivity contribution < 1.29 is 26.7 Å². The number of halogens is 5. The van der Waals surface area contributed by atoms with Crippen LogP contribution < -0.4 is 15.0 Å². The normalized spacial score (nSPS) is 23.3. The Labute approximate surface area is 188 Å². The molecule has 1 unspecified atom stereocenters. The maximum atomic E-state index is 13.2. The van der Waals surface area contributed by atoms with Crippen LogP contribution in [0.3, 0.4) is 0 Å². The standard InChI is InChI=1S/C19H20F5N7OS/c1-10-6-13(33-29-10)30-7-11-2-3-12(8-30)14(11)26-17-27-15-16(25-4-5-31(15)28-17)32-9-18(20,21)19(22,23)24/h4-6,11-12,14H,2-3,7-9H2,1H3,(H,26,28)/t11-,12+,14?. The number of fused-ring (bicyclic) bond motifs is 3. The number of ether oxygens (including phenoxy) is 1. The van der Waals surface area contributed by atoms with Crippen LogP contribution in [0, 0.1) is 18.8 Å². The number of rotatable bonds is 6. The van der Waals surface area contributed by atoms with Crippen LogP contribution in [-0.4, -0.2) is 61.8 Å². The molecular formula is C19H20F5N7OS. The SMILES string of the molecule is Cc1cc(N2C[C@H]3CC[C@@H](C2)C3Nc2nc3c(OCC(F)(F)C(F)(F)F)nccn3n2)sn1. The zero-order valence-corrected chi connectivity index (χ0v) is 18.2. The first-order valence-electron chi connectivity index (χ1n) is 10.3. The lowest BCUT2D eigenvalue weighted by molar-refractivity contribution is -0.290. The summed E-state index contributed by atoms with van der Waals surface area (Å²) in [6, 6.07) is 2.21. The highest BCUT2D eigenvalue weighted by Crippen LogP contribution is 2.41. The van der Waals surface area contributed by atoms with Gasteiger partial charge in [0, 0.05) is 31.5 Å². The molecule has 0 aromatic carbocycles. The Kier molecular flexibility index (Phi) is 5.29. The summed E-state index contributed by atoms with van der Waals surface area (Å²) in [5.74, 6) is -4.49. The minimum atomic E-state index is -5.72. The number of aryl methyl sites for hydroxylation is 1. The smallest absolute Gasteiger partial charge is 0.456 e. The number of anilines is 2. The number of hydrogen-bond donors (Lipinski definition) is 1. The molecule has 2 fully saturated rings. The fourth-order valence-electron chi connectivity index (χ4n) is 4.49. The van der Waals surface area contributed by atoms with Gasteiger partial charge in [-0.25, -0.2) is 9.50 Å². The summed E-state index contributed by atoms with van der Waals surface area (Å²) in [5, 5.41) is 8.77. The molecule has 3 aromatic rings. The molecule has 0 amide bonds. The zero-order valence-electron chi connectivity index (χ0n) is 17.4. The molecule has 14 heteroatoms. The van der Waals surface area contributed by atoms with Crippen molar-refractivity contribution >= 4 is 28.1 Å². The summed E-state index contributed by atoms with van der Waals surface area (Å²) in [4.78, 5) is 10.4. The van der Waals surface area contributed by atoms with E-state index in [2.05, 4.69) is 40.5 Å². The van der Waals surface area contributed by atoms with Crippen LogP contribution in [0.2, 0.25) is 0 Å². The van der Waals surface area contributed by atoms with Gasteiger partial charge in [0.15, 0.2) is 6.61 Å². The van der Waals surface area contributed by atoms with Gasteiger partial charge >= 0.3 is 12.1 Å². The maximum absolute atomic E-state index is 13.2. The molecule has 3 aromatic heterocycles. The van der Waals surface area contributed by atoms with Gasteiger partial charge in [-0.3, -0.25) is 0 Å². The predicted molar refractivity (Wildman–Crippen MR) is 110 cm³/mol. The van der Waals surface area contributed by atoms with Crippen LogP contribution in [0.15, 0.2) is 18.5 Å². The Bertz CT molecular complexity index is 1140. The van der Waals surface area contributed by atoms with Gasteiger partial charge in [-0.2, -0.15) is 31.3 Å². The Morgan fingerprint density at radius 3 is 2.55 bits per heavy atom. The van der Waals surface area contributed by atoms with Gasteiger partial charge in [-0.1, -0.05) is 0 Å². The van der Waals surface area contributed by atoms with Crippen molar-refractivity contribution in [3.8, 4) is 5.88 Å². The maximum Gasteiger partial charge on any atom is 0.456 e. The molecule has 33 heavy (non-hydrogen) atoms. The molecule has 0 radical (unpaired) electrons. The zero-order chi connectivity index (χ0) is 23.4. The third kappa shape index (κ3) is 4.15. The van der Waals surface area contributed by atoms with Gasteiger partial charge in [-0.05, 0) is 49.2 Å². The van der Waals surface area contributed by atoms with E-state index in [1.807, 2.05) is 6.92 Å². The van der Waals surface area contributed by atoms with Crippen LogP contribution in [0.25, 0.3) is 5.65 Å². The van der Waals surface area contributed by atoms with Gasteiger partial charge < -0.3 is 15.0 Å². The minimum Gasteiger partial charge on any atom is -0.468 e. The highest BCUT2D eigenvalue weighted by Gasteiger charge is 2.58. The Morgan fingerprint density at radius 2 is 1.91 bits per heavy atom. The second-order valence-electron chi connectivity index (χ2n) is 8.41. The first kappa shape index (κ1) is 22.0. The van der Waals surface area contributed by atoms with Crippen molar-refractivity contribution in [3.63, 3.8) is 0 Å². The number of hydrogen-bond acceptors (Lipinski definition) is 8. The lowest BCUT2D eigenvalue weighted by Crippen LogP contribution is -2.48. The number of piperidine rings is 1. The van der Waals surface area contributed by atoms with E-state index in [9.17, 15) is 22.0 Å². The van der Waals surface area contributed by atoms with Gasteiger partial charge in [0.05, 0.1) is 5.69 Å². The molecule has 1 aliphatic heterocycles. The van der Waals surface area contributed by atoms with E-state index in [0.29, 0.717) is 11.8 Å². The number of nitrogens with zero attached hydrogens (tertiary/aromatic N) is 6. The molecule has 178 valence electrons. The van der Waals surface area contributed by atoms with Gasteiger partial charge in [-0.15, -0.1) is 5.10 Å². The Hall–Kier alpha value is -2.77. The molecule has 8 nitrogen and oxygen atoms in total. The summed E-state index contributed by atoms with van der Waals surface area (Å²) in [7, 11) is 0. The molecule has 1 aliphatic carbocycles. The second-order valence-corrected chi connectivity index (χ2v) is 9.19. The largest absolute Gasteiger partial charge is 0.468 e. The molecule has 1 saturated heterocycles. The Balaban J connectivity index is 1.30. The number of alkyl halides is 5. The molecule has 2 aliphatic rings. The average molecular weight is 489 g/mol. The van der Waals surface area contributed by atoms with Crippen LogP contribution in [-0.2, 0) is 0 Å². The van der Waals surface area contributed by atoms with Gasteiger partial charge in [0.25, 0.3) is 5.88 Å². The highest BCUT2D eigenvalue weighted by molar-refractivity contribution is 7.10. The van der Waals surface area contributed by atoms with E-state index in [4.69, 9.17) is 0 Å². The van der Waals surface area contributed by atoms with Crippen LogP contribution in [0.1, 0.15) is 18.5 Å². The van der Waals surface area contributed by atoms with Crippen molar-refractivity contribution in [3.05, 3.63) is 24.2 Å². The number of nitrogens with one attached hydrogen (secondary N) is 1. The summed E-state index contributed by atoms with van der Waals surface area (Å²) >= 11 is 1.49. The molecule has 1 N–H and O–H groups in total. The second kappa shape index (κ2) is 7.92. The molecule has 3 atom stereocenters. The Morgan fingerprint density at radius 1 is 1.18 bits per heavy atom. The third-order valence-corrected chi connectivity index (χ3v) is 7.03. The molecule has 4 heterocycles.